The van der Waals surface area contributed by atoms with Gasteiger partial charge in [0.05, 0.1) is 19.8 Å². The lowest BCUT2D eigenvalue weighted by molar-refractivity contribution is 0.267. The summed E-state index contributed by atoms with van der Waals surface area (Å²) in [7, 11) is 1.63. The lowest BCUT2D eigenvalue weighted by Gasteiger charge is -2.12. The van der Waals surface area contributed by atoms with Crippen LogP contribution in [0.2, 0.25) is 0 Å². The van der Waals surface area contributed by atoms with Crippen molar-refractivity contribution in [1.29, 1.82) is 0 Å². The first kappa shape index (κ1) is 10.0. The Hall–Kier alpha value is -1.06. The van der Waals surface area contributed by atoms with Crippen LogP contribution in [0.5, 0.6) is 5.75 Å². The Morgan fingerprint density at radius 2 is 2.23 bits per heavy atom. The second-order valence-corrected chi connectivity index (χ2v) is 3.01. The SMILES string of the molecule is COc1ccc([C@H](N)CO)c(C)c1. The Bertz CT molecular complexity index is 286. The summed E-state index contributed by atoms with van der Waals surface area (Å²) in [5.74, 6) is 0.811. The lowest BCUT2D eigenvalue weighted by atomic mass is 10.0. The van der Waals surface area contributed by atoms with Gasteiger partial charge in [-0.2, -0.15) is 0 Å². The third-order valence-electron chi connectivity index (χ3n) is 2.07. The number of benzene rings is 1. The zero-order valence-electron chi connectivity index (χ0n) is 7.95. The summed E-state index contributed by atoms with van der Waals surface area (Å²) >= 11 is 0. The van der Waals surface area contributed by atoms with Crippen LogP contribution in [0.25, 0.3) is 0 Å². The summed E-state index contributed by atoms with van der Waals surface area (Å²) < 4.78 is 5.06. The van der Waals surface area contributed by atoms with E-state index in [1.54, 1.807) is 7.11 Å². The van der Waals surface area contributed by atoms with Crippen molar-refractivity contribution < 1.29 is 9.84 Å². The van der Waals surface area contributed by atoms with Gasteiger partial charge in [0, 0.05) is 0 Å². The summed E-state index contributed by atoms with van der Waals surface area (Å²) in [6, 6.07) is 5.34. The Balaban J connectivity index is 2.98. The molecule has 0 amide bonds. The number of aliphatic hydroxyl groups is 1. The maximum absolute atomic E-state index is 8.88. The van der Waals surface area contributed by atoms with Crippen LogP contribution >= 0.6 is 0 Å². The van der Waals surface area contributed by atoms with Gasteiger partial charge in [0.15, 0.2) is 0 Å². The van der Waals surface area contributed by atoms with Crippen LogP contribution in [0.3, 0.4) is 0 Å². The molecule has 3 heteroatoms. The number of ether oxygens (including phenoxy) is 1. The Morgan fingerprint density at radius 3 is 2.69 bits per heavy atom. The summed E-state index contributed by atoms with van der Waals surface area (Å²) in [5.41, 5.74) is 7.70. The summed E-state index contributed by atoms with van der Waals surface area (Å²) in [4.78, 5) is 0. The van der Waals surface area contributed by atoms with Crippen LogP contribution in [-0.2, 0) is 0 Å². The van der Waals surface area contributed by atoms with Gasteiger partial charge in [-0.3, -0.25) is 0 Å². The van der Waals surface area contributed by atoms with E-state index in [-0.39, 0.29) is 12.6 Å². The fraction of sp³-hybridized carbons (Fsp3) is 0.400. The molecular formula is C10H15NO2. The fourth-order valence-electron chi connectivity index (χ4n) is 1.29. The smallest absolute Gasteiger partial charge is 0.119 e. The van der Waals surface area contributed by atoms with Crippen molar-refractivity contribution in [3.05, 3.63) is 29.3 Å². The van der Waals surface area contributed by atoms with Crippen molar-refractivity contribution in [3.63, 3.8) is 0 Å². The molecule has 0 bridgehead atoms. The van der Waals surface area contributed by atoms with Gasteiger partial charge in [-0.05, 0) is 30.2 Å². The monoisotopic (exact) mass is 181 g/mol. The van der Waals surface area contributed by atoms with Crippen molar-refractivity contribution >= 4 is 0 Å². The molecule has 0 saturated carbocycles. The van der Waals surface area contributed by atoms with E-state index < -0.39 is 0 Å². The minimum absolute atomic E-state index is 0.0346. The molecule has 0 fully saturated rings. The highest BCUT2D eigenvalue weighted by molar-refractivity contribution is 5.36. The lowest BCUT2D eigenvalue weighted by Crippen LogP contribution is -2.15. The number of methoxy groups -OCH3 is 1. The van der Waals surface area contributed by atoms with Gasteiger partial charge >= 0.3 is 0 Å². The molecule has 1 rings (SSSR count). The first-order valence-corrected chi connectivity index (χ1v) is 4.20. The average molecular weight is 181 g/mol. The Kier molecular flexibility index (Phi) is 3.28. The Morgan fingerprint density at radius 1 is 1.54 bits per heavy atom. The molecule has 0 aliphatic rings. The number of hydrogen-bond donors (Lipinski definition) is 2. The predicted octanol–water partition coefficient (Wildman–Crippen LogP) is 0.996. The molecule has 1 aromatic carbocycles. The molecule has 13 heavy (non-hydrogen) atoms. The highest BCUT2D eigenvalue weighted by Gasteiger charge is 2.07. The molecule has 3 nitrogen and oxygen atoms in total. The molecule has 0 spiro atoms. The van der Waals surface area contributed by atoms with Gasteiger partial charge < -0.3 is 15.6 Å². The zero-order valence-corrected chi connectivity index (χ0v) is 7.95. The van der Waals surface area contributed by atoms with Gasteiger partial charge in [-0.25, -0.2) is 0 Å². The van der Waals surface area contributed by atoms with Crippen LogP contribution in [0.1, 0.15) is 17.2 Å². The first-order valence-electron chi connectivity index (χ1n) is 4.20. The van der Waals surface area contributed by atoms with Crippen molar-refractivity contribution in [3.8, 4) is 5.75 Å². The number of aliphatic hydroxyl groups excluding tert-OH is 1. The largest absolute Gasteiger partial charge is 0.497 e. The molecule has 0 aromatic heterocycles. The normalized spacial score (nSPS) is 12.6. The van der Waals surface area contributed by atoms with E-state index in [1.165, 1.54) is 0 Å². The molecule has 0 aliphatic heterocycles. The van der Waals surface area contributed by atoms with Gasteiger partial charge in [0.25, 0.3) is 0 Å². The molecule has 72 valence electrons. The zero-order chi connectivity index (χ0) is 9.84. The molecule has 3 N–H and O–H groups in total. The molecule has 1 atom stereocenters. The number of rotatable bonds is 3. The average Bonchev–Trinajstić information content (AvgIpc) is 2.16. The minimum atomic E-state index is -0.300. The van der Waals surface area contributed by atoms with Gasteiger partial charge in [0.2, 0.25) is 0 Å². The second kappa shape index (κ2) is 4.25. The maximum Gasteiger partial charge on any atom is 0.119 e. The van der Waals surface area contributed by atoms with Crippen LogP contribution < -0.4 is 10.5 Å². The Labute approximate surface area is 78.1 Å². The van der Waals surface area contributed by atoms with Gasteiger partial charge in [-0.1, -0.05) is 6.07 Å². The first-order chi connectivity index (χ1) is 6.19. The van der Waals surface area contributed by atoms with E-state index in [0.717, 1.165) is 16.9 Å². The van der Waals surface area contributed by atoms with Crippen LogP contribution in [0, 0.1) is 6.92 Å². The van der Waals surface area contributed by atoms with Crippen LogP contribution in [-0.4, -0.2) is 18.8 Å². The third kappa shape index (κ3) is 2.20. The second-order valence-electron chi connectivity index (χ2n) is 3.01. The molecule has 0 aliphatic carbocycles. The molecule has 0 radical (unpaired) electrons. The van der Waals surface area contributed by atoms with Crippen molar-refractivity contribution in [2.75, 3.05) is 13.7 Å². The number of nitrogens with two attached hydrogens (primary N) is 1. The maximum atomic E-state index is 8.88. The summed E-state index contributed by atoms with van der Waals surface area (Å²) in [6.45, 7) is 1.92. The topological polar surface area (TPSA) is 55.5 Å². The number of hydrogen-bond acceptors (Lipinski definition) is 3. The molecular weight excluding hydrogens is 166 g/mol. The standard InChI is InChI=1S/C10H15NO2/c1-7-5-8(13-2)3-4-9(7)10(11)6-12/h3-5,10,12H,6,11H2,1-2H3/t10-/m1/s1. The fourth-order valence-corrected chi connectivity index (χ4v) is 1.29. The molecule has 0 saturated heterocycles. The minimum Gasteiger partial charge on any atom is -0.497 e. The van der Waals surface area contributed by atoms with Crippen LogP contribution in [0.15, 0.2) is 18.2 Å². The van der Waals surface area contributed by atoms with E-state index in [4.69, 9.17) is 15.6 Å². The summed E-state index contributed by atoms with van der Waals surface area (Å²) in [5, 5.41) is 8.88. The van der Waals surface area contributed by atoms with Crippen molar-refractivity contribution in [2.45, 2.75) is 13.0 Å². The predicted molar refractivity (Wildman–Crippen MR) is 51.7 cm³/mol. The highest BCUT2D eigenvalue weighted by Crippen LogP contribution is 2.20. The highest BCUT2D eigenvalue weighted by atomic mass is 16.5. The van der Waals surface area contributed by atoms with Gasteiger partial charge in [-0.15, -0.1) is 0 Å². The van der Waals surface area contributed by atoms with E-state index >= 15 is 0 Å². The van der Waals surface area contributed by atoms with E-state index in [1.807, 2.05) is 25.1 Å². The number of aryl methyl sites for hydroxylation is 1. The van der Waals surface area contributed by atoms with Crippen molar-refractivity contribution in [1.82, 2.24) is 0 Å². The van der Waals surface area contributed by atoms with Gasteiger partial charge in [0.1, 0.15) is 5.75 Å². The van der Waals surface area contributed by atoms with E-state index in [2.05, 4.69) is 0 Å². The quantitative estimate of drug-likeness (QED) is 0.731. The van der Waals surface area contributed by atoms with Crippen LogP contribution in [0.4, 0.5) is 0 Å². The van der Waals surface area contributed by atoms with Crippen molar-refractivity contribution in [2.24, 2.45) is 5.73 Å². The molecule has 1 aromatic rings. The van der Waals surface area contributed by atoms with E-state index in [0.29, 0.717) is 0 Å². The summed E-state index contributed by atoms with van der Waals surface area (Å²) in [6.07, 6.45) is 0. The molecule has 0 heterocycles. The molecule has 0 unspecified atom stereocenters. The van der Waals surface area contributed by atoms with E-state index in [9.17, 15) is 0 Å². The third-order valence-corrected chi connectivity index (χ3v) is 2.07.